The van der Waals surface area contributed by atoms with Gasteiger partial charge >= 0.3 is 0 Å². The minimum absolute atomic E-state index is 0.293. The minimum atomic E-state index is -0.326. The smallest absolute Gasteiger partial charge is 0.146 e. The first kappa shape index (κ1) is 13.8. The lowest BCUT2D eigenvalue weighted by Crippen LogP contribution is -2.08. The molecule has 0 amide bonds. The van der Waals surface area contributed by atoms with E-state index in [2.05, 4.69) is 0 Å². The Labute approximate surface area is 117 Å². The van der Waals surface area contributed by atoms with Crippen LogP contribution < -0.4 is 10.5 Å². The highest BCUT2D eigenvalue weighted by Crippen LogP contribution is 2.34. The van der Waals surface area contributed by atoms with Crippen molar-refractivity contribution in [1.82, 2.24) is 0 Å². The molecule has 1 atom stereocenters. The Morgan fingerprint density at radius 1 is 1.21 bits per heavy atom. The molecule has 0 saturated heterocycles. The fourth-order valence-corrected chi connectivity index (χ4v) is 1.93. The lowest BCUT2D eigenvalue weighted by Gasteiger charge is -2.15. The van der Waals surface area contributed by atoms with E-state index in [1.165, 1.54) is 6.07 Å². The Balaban J connectivity index is 2.45. The summed E-state index contributed by atoms with van der Waals surface area (Å²) in [7, 11) is 0. The molecule has 2 aromatic rings. The Morgan fingerprint density at radius 2 is 1.89 bits per heavy atom. The summed E-state index contributed by atoms with van der Waals surface area (Å²) in [5.74, 6) is 0.762. The summed E-state index contributed by atoms with van der Waals surface area (Å²) in [6.07, 6.45) is 0. The van der Waals surface area contributed by atoms with Gasteiger partial charge in [-0.15, -0.1) is 0 Å². The van der Waals surface area contributed by atoms with E-state index in [0.29, 0.717) is 27.6 Å². The van der Waals surface area contributed by atoms with Crippen molar-refractivity contribution in [1.29, 1.82) is 0 Å². The monoisotopic (exact) mass is 279 g/mol. The van der Waals surface area contributed by atoms with Gasteiger partial charge in [-0.25, -0.2) is 4.39 Å². The first-order chi connectivity index (χ1) is 8.99. The number of hydrogen-bond donors (Lipinski definition) is 1. The van der Waals surface area contributed by atoms with Gasteiger partial charge in [0, 0.05) is 11.6 Å². The van der Waals surface area contributed by atoms with Crippen molar-refractivity contribution < 1.29 is 9.13 Å². The summed E-state index contributed by atoms with van der Waals surface area (Å²) in [4.78, 5) is 0. The van der Waals surface area contributed by atoms with Crippen LogP contribution in [0, 0.1) is 12.7 Å². The van der Waals surface area contributed by atoms with Crippen LogP contribution in [0.5, 0.6) is 11.5 Å². The largest absolute Gasteiger partial charge is 0.455 e. The van der Waals surface area contributed by atoms with E-state index in [4.69, 9.17) is 22.1 Å². The minimum Gasteiger partial charge on any atom is -0.455 e. The van der Waals surface area contributed by atoms with E-state index in [-0.39, 0.29) is 11.9 Å². The topological polar surface area (TPSA) is 35.2 Å². The Hall–Kier alpha value is -1.58. The van der Waals surface area contributed by atoms with Crippen molar-refractivity contribution in [2.24, 2.45) is 5.73 Å². The van der Waals surface area contributed by atoms with Crippen LogP contribution in [0.15, 0.2) is 36.4 Å². The van der Waals surface area contributed by atoms with Gasteiger partial charge < -0.3 is 10.5 Å². The lowest BCUT2D eigenvalue weighted by molar-refractivity contribution is 0.468. The van der Waals surface area contributed by atoms with Crippen LogP contribution in [0.25, 0.3) is 0 Å². The molecule has 0 aliphatic carbocycles. The van der Waals surface area contributed by atoms with Crippen LogP contribution in [0.2, 0.25) is 5.02 Å². The molecule has 0 fully saturated rings. The normalized spacial score (nSPS) is 12.3. The summed E-state index contributed by atoms with van der Waals surface area (Å²) < 4.78 is 19.4. The van der Waals surface area contributed by atoms with E-state index in [9.17, 15) is 4.39 Å². The highest BCUT2D eigenvalue weighted by molar-refractivity contribution is 6.32. The molecule has 2 nitrogen and oxygen atoms in total. The zero-order chi connectivity index (χ0) is 14.0. The molecular weight excluding hydrogens is 265 g/mol. The van der Waals surface area contributed by atoms with Crippen molar-refractivity contribution in [2.45, 2.75) is 19.9 Å². The molecule has 19 heavy (non-hydrogen) atoms. The lowest BCUT2D eigenvalue weighted by atomic mass is 10.1. The molecule has 0 radical (unpaired) electrons. The molecule has 0 spiro atoms. The van der Waals surface area contributed by atoms with E-state index < -0.39 is 0 Å². The maximum Gasteiger partial charge on any atom is 0.146 e. The van der Waals surface area contributed by atoms with Gasteiger partial charge in [0.25, 0.3) is 0 Å². The van der Waals surface area contributed by atoms with E-state index in [1.54, 1.807) is 32.0 Å². The number of hydrogen-bond acceptors (Lipinski definition) is 2. The summed E-state index contributed by atoms with van der Waals surface area (Å²) in [6.45, 7) is 3.46. The molecule has 0 saturated carbocycles. The number of para-hydroxylation sites is 1. The number of nitrogens with two attached hydrogens (primary N) is 1. The number of aryl methyl sites for hydroxylation is 1. The van der Waals surface area contributed by atoms with Gasteiger partial charge in [0.1, 0.15) is 17.3 Å². The molecule has 0 aromatic heterocycles. The van der Waals surface area contributed by atoms with Gasteiger partial charge in [0.05, 0.1) is 5.02 Å². The Kier molecular flexibility index (Phi) is 4.08. The van der Waals surface area contributed by atoms with Crippen molar-refractivity contribution in [3.8, 4) is 11.5 Å². The second-order valence-electron chi connectivity index (χ2n) is 4.46. The third-order valence-electron chi connectivity index (χ3n) is 2.84. The van der Waals surface area contributed by atoms with Gasteiger partial charge in [0.15, 0.2) is 0 Å². The highest BCUT2D eigenvalue weighted by Gasteiger charge is 2.13. The van der Waals surface area contributed by atoms with Gasteiger partial charge in [0.2, 0.25) is 0 Å². The Morgan fingerprint density at radius 3 is 2.53 bits per heavy atom. The second-order valence-corrected chi connectivity index (χ2v) is 4.87. The molecule has 1 unspecified atom stereocenters. The zero-order valence-electron chi connectivity index (χ0n) is 10.8. The molecule has 4 heteroatoms. The summed E-state index contributed by atoms with van der Waals surface area (Å²) in [5.41, 5.74) is 6.97. The van der Waals surface area contributed by atoms with Gasteiger partial charge in [-0.1, -0.05) is 23.7 Å². The van der Waals surface area contributed by atoms with Gasteiger partial charge in [-0.05, 0) is 43.7 Å². The van der Waals surface area contributed by atoms with E-state index in [1.807, 2.05) is 12.1 Å². The quantitative estimate of drug-likeness (QED) is 0.891. The second kappa shape index (κ2) is 5.59. The molecule has 2 aromatic carbocycles. The molecule has 0 heterocycles. The van der Waals surface area contributed by atoms with Gasteiger partial charge in [-0.2, -0.15) is 0 Å². The standard InChI is InChI=1S/C15H15ClFNO/c1-9-7-15(11(10(2)18)8-13(9)17)19-14-6-4-3-5-12(14)16/h3-8,10H,18H2,1-2H3. The fourth-order valence-electron chi connectivity index (χ4n) is 1.76. The molecular formula is C15H15ClFNO. The molecule has 100 valence electrons. The van der Waals surface area contributed by atoms with Crippen LogP contribution in [-0.2, 0) is 0 Å². The zero-order valence-corrected chi connectivity index (χ0v) is 11.5. The number of benzene rings is 2. The first-order valence-corrected chi connectivity index (χ1v) is 6.35. The summed E-state index contributed by atoms with van der Waals surface area (Å²) >= 11 is 6.05. The third kappa shape index (κ3) is 3.06. The molecule has 0 bridgehead atoms. The van der Waals surface area contributed by atoms with Gasteiger partial charge in [-0.3, -0.25) is 0 Å². The van der Waals surface area contributed by atoms with Crippen LogP contribution in [-0.4, -0.2) is 0 Å². The van der Waals surface area contributed by atoms with Crippen LogP contribution >= 0.6 is 11.6 Å². The number of ether oxygens (including phenoxy) is 1. The van der Waals surface area contributed by atoms with Crippen LogP contribution in [0.4, 0.5) is 4.39 Å². The van der Waals surface area contributed by atoms with Crippen molar-refractivity contribution in [2.75, 3.05) is 0 Å². The maximum absolute atomic E-state index is 13.6. The predicted octanol–water partition coefficient (Wildman–Crippen LogP) is 4.60. The first-order valence-electron chi connectivity index (χ1n) is 5.97. The predicted molar refractivity (Wildman–Crippen MR) is 75.3 cm³/mol. The molecule has 2 N–H and O–H groups in total. The van der Waals surface area contributed by atoms with Crippen molar-refractivity contribution in [3.05, 3.63) is 58.4 Å². The molecule has 0 aliphatic rings. The third-order valence-corrected chi connectivity index (χ3v) is 3.15. The van der Waals surface area contributed by atoms with Crippen LogP contribution in [0.1, 0.15) is 24.1 Å². The average molecular weight is 280 g/mol. The highest BCUT2D eigenvalue weighted by atomic mass is 35.5. The fraction of sp³-hybridized carbons (Fsp3) is 0.200. The average Bonchev–Trinajstić information content (AvgIpc) is 2.36. The maximum atomic E-state index is 13.6. The number of rotatable bonds is 3. The van der Waals surface area contributed by atoms with Crippen molar-refractivity contribution in [3.63, 3.8) is 0 Å². The van der Waals surface area contributed by atoms with E-state index >= 15 is 0 Å². The summed E-state index contributed by atoms with van der Waals surface area (Å²) in [5, 5.41) is 0.500. The number of halogens is 2. The van der Waals surface area contributed by atoms with E-state index in [0.717, 1.165) is 0 Å². The summed E-state index contributed by atoms with van der Waals surface area (Å²) in [6, 6.07) is 9.85. The Bertz CT molecular complexity index is 599. The molecule has 2 rings (SSSR count). The van der Waals surface area contributed by atoms with Crippen molar-refractivity contribution >= 4 is 11.6 Å². The molecule has 0 aliphatic heterocycles. The SMILES string of the molecule is Cc1cc(Oc2ccccc2Cl)c(C(C)N)cc1F. The van der Waals surface area contributed by atoms with Crippen LogP contribution in [0.3, 0.4) is 0 Å².